The van der Waals surface area contributed by atoms with E-state index in [0.717, 1.165) is 22.3 Å². The van der Waals surface area contributed by atoms with E-state index in [-0.39, 0.29) is 5.91 Å². The number of H-pyrrole nitrogens is 1. The molecule has 178 valence electrons. The second-order valence-electron chi connectivity index (χ2n) is 8.32. The standard InChI is InChI=1S/C28H24N6O2/c29-22-5-1-2-6-23(22)33-28(36)19-10-8-17(9-11-19)16-31-20-14-12-18(13-15-20)27-32-24-7-3-4-21(26(30)35)25(24)34-27/h1-15,31H,16,29H2,(H2,30,35)(H,32,34)(H,33,36). The number of hydrogen-bond donors (Lipinski definition) is 5. The summed E-state index contributed by atoms with van der Waals surface area (Å²) in [6.45, 7) is 0.597. The molecule has 0 aliphatic carbocycles. The van der Waals surface area contributed by atoms with E-state index in [1.54, 1.807) is 36.4 Å². The molecule has 8 nitrogen and oxygen atoms in total. The molecule has 0 atom stereocenters. The zero-order chi connectivity index (χ0) is 25.1. The summed E-state index contributed by atoms with van der Waals surface area (Å²) in [5.41, 5.74) is 17.6. The summed E-state index contributed by atoms with van der Waals surface area (Å²) in [7, 11) is 0. The number of amides is 2. The van der Waals surface area contributed by atoms with Crippen LogP contribution in [0.4, 0.5) is 17.1 Å². The number of hydrogen-bond acceptors (Lipinski definition) is 5. The van der Waals surface area contributed by atoms with Crippen LogP contribution in [0.5, 0.6) is 0 Å². The topological polar surface area (TPSA) is 139 Å². The Kier molecular flexibility index (Phi) is 6.07. The Balaban J connectivity index is 1.22. The summed E-state index contributed by atoms with van der Waals surface area (Å²) < 4.78 is 0. The Hall–Kier alpha value is -5.11. The van der Waals surface area contributed by atoms with Crippen LogP contribution >= 0.6 is 0 Å². The number of nitrogens with two attached hydrogens (primary N) is 2. The minimum atomic E-state index is -0.507. The molecule has 7 N–H and O–H groups in total. The molecule has 36 heavy (non-hydrogen) atoms. The predicted molar refractivity (Wildman–Crippen MR) is 143 cm³/mol. The number of carbonyl (C=O) groups is 2. The van der Waals surface area contributed by atoms with Gasteiger partial charge in [0.2, 0.25) is 0 Å². The van der Waals surface area contributed by atoms with Gasteiger partial charge in [-0.3, -0.25) is 9.59 Å². The number of nitrogens with zero attached hydrogens (tertiary/aromatic N) is 1. The molecule has 0 spiro atoms. The predicted octanol–water partition coefficient (Wildman–Crippen LogP) is 4.78. The number of nitrogen functional groups attached to an aromatic ring is 1. The van der Waals surface area contributed by atoms with Crippen molar-refractivity contribution in [2.75, 3.05) is 16.4 Å². The van der Waals surface area contributed by atoms with E-state index < -0.39 is 5.91 Å². The van der Waals surface area contributed by atoms with E-state index in [2.05, 4.69) is 20.6 Å². The molecule has 0 bridgehead atoms. The fourth-order valence-electron chi connectivity index (χ4n) is 3.90. The zero-order valence-corrected chi connectivity index (χ0v) is 19.3. The normalized spacial score (nSPS) is 10.8. The van der Waals surface area contributed by atoms with E-state index in [4.69, 9.17) is 11.5 Å². The number of benzene rings is 4. The van der Waals surface area contributed by atoms with Crippen LogP contribution in [-0.2, 0) is 6.54 Å². The van der Waals surface area contributed by atoms with Gasteiger partial charge in [-0.15, -0.1) is 0 Å². The van der Waals surface area contributed by atoms with Crippen molar-refractivity contribution in [3.63, 3.8) is 0 Å². The smallest absolute Gasteiger partial charge is 0.255 e. The Bertz CT molecular complexity index is 1560. The van der Waals surface area contributed by atoms with Crippen molar-refractivity contribution in [3.05, 3.63) is 108 Å². The molecule has 1 heterocycles. The summed E-state index contributed by atoms with van der Waals surface area (Å²) in [5, 5.41) is 6.21. The first-order valence-corrected chi connectivity index (χ1v) is 11.4. The van der Waals surface area contributed by atoms with Gasteiger partial charge in [-0.1, -0.05) is 30.3 Å². The third kappa shape index (κ3) is 4.74. The van der Waals surface area contributed by atoms with Crippen LogP contribution < -0.4 is 22.1 Å². The molecular weight excluding hydrogens is 452 g/mol. The van der Waals surface area contributed by atoms with Crippen LogP contribution in [0.15, 0.2) is 91.0 Å². The molecular formula is C28H24N6O2. The zero-order valence-electron chi connectivity index (χ0n) is 19.3. The first-order valence-electron chi connectivity index (χ1n) is 11.4. The van der Waals surface area contributed by atoms with Crippen LogP contribution in [-0.4, -0.2) is 21.8 Å². The number of primary amides is 1. The minimum absolute atomic E-state index is 0.212. The second-order valence-corrected chi connectivity index (χ2v) is 8.32. The number of rotatable bonds is 7. The number of fused-ring (bicyclic) bond motifs is 1. The number of aromatic nitrogens is 2. The van der Waals surface area contributed by atoms with Crippen molar-refractivity contribution in [1.29, 1.82) is 0 Å². The molecule has 0 radical (unpaired) electrons. The Morgan fingerprint density at radius 1 is 0.861 bits per heavy atom. The van der Waals surface area contributed by atoms with Gasteiger partial charge in [0.15, 0.2) is 0 Å². The van der Waals surface area contributed by atoms with Gasteiger partial charge in [-0.25, -0.2) is 4.98 Å². The van der Waals surface area contributed by atoms with Crippen molar-refractivity contribution in [2.45, 2.75) is 6.54 Å². The maximum absolute atomic E-state index is 12.5. The van der Waals surface area contributed by atoms with Crippen LogP contribution in [0.1, 0.15) is 26.3 Å². The van der Waals surface area contributed by atoms with Gasteiger partial charge in [0, 0.05) is 23.4 Å². The molecule has 8 heteroatoms. The Morgan fingerprint density at radius 3 is 2.33 bits per heavy atom. The third-order valence-electron chi connectivity index (χ3n) is 5.86. The summed E-state index contributed by atoms with van der Waals surface area (Å²) in [6, 6.07) is 27.7. The number of nitrogens with one attached hydrogen (secondary N) is 3. The number of anilines is 3. The largest absolute Gasteiger partial charge is 0.397 e. The van der Waals surface area contributed by atoms with Gasteiger partial charge in [0.05, 0.1) is 22.5 Å². The molecule has 5 rings (SSSR count). The molecule has 5 aromatic rings. The average Bonchev–Trinajstić information content (AvgIpc) is 3.34. The fourth-order valence-corrected chi connectivity index (χ4v) is 3.90. The summed E-state index contributed by atoms with van der Waals surface area (Å²) in [6.07, 6.45) is 0. The van der Waals surface area contributed by atoms with Crippen LogP contribution in [0, 0.1) is 0 Å². The molecule has 0 saturated heterocycles. The van der Waals surface area contributed by atoms with E-state index in [1.165, 1.54) is 0 Å². The van der Waals surface area contributed by atoms with Gasteiger partial charge in [0.25, 0.3) is 11.8 Å². The minimum Gasteiger partial charge on any atom is -0.397 e. The lowest BCUT2D eigenvalue weighted by atomic mass is 10.1. The Labute approximate surface area is 207 Å². The van der Waals surface area contributed by atoms with Crippen LogP contribution in [0.25, 0.3) is 22.4 Å². The van der Waals surface area contributed by atoms with Crippen molar-refractivity contribution >= 4 is 39.9 Å². The SMILES string of the molecule is NC(=O)c1cccc2[nH]c(-c3ccc(NCc4ccc(C(=O)Nc5ccccc5N)cc4)cc3)nc12. The molecule has 0 saturated carbocycles. The third-order valence-corrected chi connectivity index (χ3v) is 5.86. The Morgan fingerprint density at radius 2 is 1.61 bits per heavy atom. The highest BCUT2D eigenvalue weighted by Crippen LogP contribution is 2.24. The fraction of sp³-hybridized carbons (Fsp3) is 0.0357. The van der Waals surface area contributed by atoms with E-state index >= 15 is 0 Å². The summed E-state index contributed by atoms with van der Waals surface area (Å²) in [4.78, 5) is 32.0. The van der Waals surface area contributed by atoms with Crippen molar-refractivity contribution in [3.8, 4) is 11.4 Å². The van der Waals surface area contributed by atoms with Crippen molar-refractivity contribution in [2.24, 2.45) is 5.73 Å². The maximum Gasteiger partial charge on any atom is 0.255 e. The molecule has 1 aromatic heterocycles. The number of para-hydroxylation sites is 3. The maximum atomic E-state index is 12.5. The summed E-state index contributed by atoms with van der Waals surface area (Å²) in [5.74, 6) is -0.0549. The highest BCUT2D eigenvalue weighted by atomic mass is 16.2. The molecule has 0 fully saturated rings. The van der Waals surface area contributed by atoms with Gasteiger partial charge < -0.3 is 27.1 Å². The molecule has 0 unspecified atom stereocenters. The number of carbonyl (C=O) groups excluding carboxylic acids is 2. The van der Waals surface area contributed by atoms with E-state index in [1.807, 2.05) is 54.6 Å². The van der Waals surface area contributed by atoms with Gasteiger partial charge in [-0.2, -0.15) is 0 Å². The number of aromatic amines is 1. The monoisotopic (exact) mass is 476 g/mol. The quantitative estimate of drug-likeness (QED) is 0.215. The lowest BCUT2D eigenvalue weighted by molar-refractivity contribution is 0.0999. The van der Waals surface area contributed by atoms with Gasteiger partial charge in [-0.05, 0) is 66.2 Å². The average molecular weight is 477 g/mol. The van der Waals surface area contributed by atoms with Crippen LogP contribution in [0.2, 0.25) is 0 Å². The first kappa shape index (κ1) is 22.7. The summed E-state index contributed by atoms with van der Waals surface area (Å²) >= 11 is 0. The molecule has 4 aromatic carbocycles. The highest BCUT2D eigenvalue weighted by Gasteiger charge is 2.12. The molecule has 0 aliphatic heterocycles. The second kappa shape index (κ2) is 9.63. The molecule has 2 amide bonds. The van der Waals surface area contributed by atoms with E-state index in [0.29, 0.717) is 40.4 Å². The van der Waals surface area contributed by atoms with E-state index in [9.17, 15) is 9.59 Å². The highest BCUT2D eigenvalue weighted by molar-refractivity contribution is 6.06. The first-order chi connectivity index (χ1) is 17.5. The molecule has 0 aliphatic rings. The number of imidazole rings is 1. The van der Waals surface area contributed by atoms with Gasteiger partial charge >= 0.3 is 0 Å². The lowest BCUT2D eigenvalue weighted by Crippen LogP contribution is -2.13. The van der Waals surface area contributed by atoms with Crippen molar-refractivity contribution in [1.82, 2.24) is 9.97 Å². The van der Waals surface area contributed by atoms with Gasteiger partial charge in [0.1, 0.15) is 11.3 Å². The van der Waals surface area contributed by atoms with Crippen LogP contribution in [0.3, 0.4) is 0 Å². The lowest BCUT2D eigenvalue weighted by Gasteiger charge is -2.10. The van der Waals surface area contributed by atoms with Crippen molar-refractivity contribution < 1.29 is 9.59 Å².